The van der Waals surface area contributed by atoms with Gasteiger partial charge in [-0.15, -0.1) is 0 Å². The summed E-state index contributed by atoms with van der Waals surface area (Å²) in [7, 11) is 5.19. The predicted octanol–water partition coefficient (Wildman–Crippen LogP) is 2.17. The number of guanidine groups is 1. The largest absolute Gasteiger partial charge is 0.493 e. The van der Waals surface area contributed by atoms with E-state index in [2.05, 4.69) is 39.4 Å². The zero-order chi connectivity index (χ0) is 19.2. The molecule has 7 heteroatoms. The van der Waals surface area contributed by atoms with Crippen molar-refractivity contribution in [2.75, 3.05) is 34.4 Å². The minimum atomic E-state index is 0.447. The third-order valence-corrected chi connectivity index (χ3v) is 4.90. The molecule has 1 atom stereocenters. The molecular formula is C20H29N5O2. The van der Waals surface area contributed by atoms with Crippen molar-refractivity contribution in [2.45, 2.75) is 26.4 Å². The number of benzene rings is 1. The minimum absolute atomic E-state index is 0.447. The van der Waals surface area contributed by atoms with Crippen LogP contribution in [-0.2, 0) is 19.5 Å². The molecule has 0 amide bonds. The first-order valence-electron chi connectivity index (χ1n) is 9.31. The number of methoxy groups -OCH3 is 2. The van der Waals surface area contributed by atoms with Gasteiger partial charge in [0.2, 0.25) is 0 Å². The van der Waals surface area contributed by atoms with Gasteiger partial charge < -0.3 is 19.7 Å². The van der Waals surface area contributed by atoms with E-state index >= 15 is 0 Å². The highest BCUT2D eigenvalue weighted by Crippen LogP contribution is 2.33. The summed E-state index contributed by atoms with van der Waals surface area (Å²) in [5.74, 6) is 2.94. The first-order chi connectivity index (χ1) is 13.1. The van der Waals surface area contributed by atoms with Gasteiger partial charge in [0.1, 0.15) is 0 Å². The first-order valence-corrected chi connectivity index (χ1v) is 9.31. The molecule has 0 fully saturated rings. The molecule has 1 aromatic heterocycles. The average molecular weight is 371 g/mol. The molecule has 0 radical (unpaired) electrons. The Bertz CT molecular complexity index is 773. The van der Waals surface area contributed by atoms with Crippen molar-refractivity contribution in [3.8, 4) is 11.5 Å². The highest BCUT2D eigenvalue weighted by Gasteiger charge is 2.22. The lowest BCUT2D eigenvalue weighted by Crippen LogP contribution is -2.45. The van der Waals surface area contributed by atoms with Crippen molar-refractivity contribution < 1.29 is 9.47 Å². The van der Waals surface area contributed by atoms with Gasteiger partial charge in [0.25, 0.3) is 0 Å². The van der Waals surface area contributed by atoms with E-state index in [1.807, 2.05) is 30.2 Å². The van der Waals surface area contributed by atoms with Crippen LogP contribution in [0.15, 0.2) is 35.6 Å². The summed E-state index contributed by atoms with van der Waals surface area (Å²) >= 11 is 0. The van der Waals surface area contributed by atoms with Crippen LogP contribution >= 0.6 is 0 Å². The average Bonchev–Trinajstić information content (AvgIpc) is 3.20. The maximum absolute atomic E-state index is 5.46. The van der Waals surface area contributed by atoms with Gasteiger partial charge >= 0.3 is 0 Å². The van der Waals surface area contributed by atoms with E-state index in [-0.39, 0.29) is 0 Å². The van der Waals surface area contributed by atoms with E-state index in [1.165, 1.54) is 11.1 Å². The Morgan fingerprint density at radius 1 is 1.26 bits per heavy atom. The second-order valence-electron chi connectivity index (χ2n) is 6.91. The standard InChI is InChI=1S/C20H29N5O2/c1-15(13-25-8-5-7-23-25)12-22-20(21-2)24-9-6-16-10-18(26-3)19(27-4)11-17(16)14-24/h5,7-8,10-11,15H,6,9,12-14H2,1-4H3,(H,21,22). The summed E-state index contributed by atoms with van der Waals surface area (Å²) in [4.78, 5) is 6.77. The Kier molecular flexibility index (Phi) is 6.21. The van der Waals surface area contributed by atoms with Crippen LogP contribution in [0.25, 0.3) is 0 Å². The van der Waals surface area contributed by atoms with Crippen LogP contribution < -0.4 is 14.8 Å². The van der Waals surface area contributed by atoms with E-state index in [0.717, 1.165) is 50.1 Å². The molecule has 3 rings (SSSR count). The molecule has 146 valence electrons. The van der Waals surface area contributed by atoms with Gasteiger partial charge in [-0.2, -0.15) is 5.10 Å². The summed E-state index contributed by atoms with van der Waals surface area (Å²) in [5, 5.41) is 7.79. The fourth-order valence-electron chi connectivity index (χ4n) is 3.45. The maximum Gasteiger partial charge on any atom is 0.193 e. The van der Waals surface area contributed by atoms with Crippen LogP contribution in [0.5, 0.6) is 11.5 Å². The van der Waals surface area contributed by atoms with Gasteiger partial charge in [0, 0.05) is 45.6 Å². The van der Waals surface area contributed by atoms with Crippen LogP contribution in [0, 0.1) is 5.92 Å². The molecule has 0 saturated heterocycles. The summed E-state index contributed by atoms with van der Waals surface area (Å²) in [6.07, 6.45) is 4.77. The molecule has 0 spiro atoms. The van der Waals surface area contributed by atoms with E-state index in [9.17, 15) is 0 Å². The summed E-state index contributed by atoms with van der Waals surface area (Å²) in [5.41, 5.74) is 2.57. The topological polar surface area (TPSA) is 63.9 Å². The van der Waals surface area contributed by atoms with Crippen LogP contribution in [0.4, 0.5) is 0 Å². The van der Waals surface area contributed by atoms with Crippen molar-refractivity contribution in [3.63, 3.8) is 0 Å². The lowest BCUT2D eigenvalue weighted by molar-refractivity contribution is 0.344. The Balaban J connectivity index is 1.62. The smallest absolute Gasteiger partial charge is 0.193 e. The van der Waals surface area contributed by atoms with Gasteiger partial charge in [-0.3, -0.25) is 9.67 Å². The van der Waals surface area contributed by atoms with Crippen LogP contribution in [0.3, 0.4) is 0 Å². The molecule has 1 aromatic carbocycles. The van der Waals surface area contributed by atoms with E-state index < -0.39 is 0 Å². The SMILES string of the molecule is CN=C(NCC(C)Cn1cccn1)N1CCc2cc(OC)c(OC)cc2C1. The summed E-state index contributed by atoms with van der Waals surface area (Å²) in [6.45, 7) is 5.68. The number of hydrogen-bond acceptors (Lipinski definition) is 4. The summed E-state index contributed by atoms with van der Waals surface area (Å²) < 4.78 is 12.8. The third kappa shape index (κ3) is 4.53. The Morgan fingerprint density at radius 2 is 2.00 bits per heavy atom. The van der Waals surface area contributed by atoms with Crippen LogP contribution in [-0.4, -0.2) is 55.0 Å². The monoisotopic (exact) mass is 371 g/mol. The van der Waals surface area contributed by atoms with Gasteiger partial charge in [-0.1, -0.05) is 6.92 Å². The van der Waals surface area contributed by atoms with E-state index in [0.29, 0.717) is 5.92 Å². The normalized spacial score (nSPS) is 15.3. The van der Waals surface area contributed by atoms with E-state index in [1.54, 1.807) is 14.2 Å². The molecule has 1 aliphatic heterocycles. The van der Waals surface area contributed by atoms with E-state index in [4.69, 9.17) is 9.47 Å². The Morgan fingerprint density at radius 3 is 2.63 bits per heavy atom. The molecule has 0 aliphatic carbocycles. The van der Waals surface area contributed by atoms with Gasteiger partial charge in [0.05, 0.1) is 14.2 Å². The van der Waals surface area contributed by atoms with Gasteiger partial charge in [-0.25, -0.2) is 0 Å². The number of aromatic nitrogens is 2. The van der Waals surface area contributed by atoms with Gasteiger partial charge in [0.15, 0.2) is 17.5 Å². The van der Waals surface area contributed by atoms with Crippen LogP contribution in [0.1, 0.15) is 18.1 Å². The molecule has 2 heterocycles. The van der Waals surface area contributed by atoms with Crippen LogP contribution in [0.2, 0.25) is 0 Å². The number of rotatable bonds is 6. The fraction of sp³-hybridized carbons (Fsp3) is 0.500. The number of aliphatic imine (C=N–C) groups is 1. The van der Waals surface area contributed by atoms with Crippen molar-refractivity contribution in [1.29, 1.82) is 0 Å². The molecule has 27 heavy (non-hydrogen) atoms. The maximum atomic E-state index is 5.46. The lowest BCUT2D eigenvalue weighted by Gasteiger charge is -2.32. The fourth-order valence-corrected chi connectivity index (χ4v) is 3.45. The lowest BCUT2D eigenvalue weighted by atomic mass is 9.99. The highest BCUT2D eigenvalue weighted by molar-refractivity contribution is 5.80. The molecule has 1 unspecified atom stereocenters. The molecule has 0 saturated carbocycles. The Hall–Kier alpha value is -2.70. The number of hydrogen-bond donors (Lipinski definition) is 1. The second-order valence-corrected chi connectivity index (χ2v) is 6.91. The summed E-state index contributed by atoms with van der Waals surface area (Å²) in [6, 6.07) is 6.12. The first kappa shape index (κ1) is 19.1. The predicted molar refractivity (Wildman–Crippen MR) is 106 cm³/mol. The molecular weight excluding hydrogens is 342 g/mol. The zero-order valence-corrected chi connectivity index (χ0v) is 16.6. The number of fused-ring (bicyclic) bond motifs is 1. The van der Waals surface area contributed by atoms with Crippen molar-refractivity contribution in [2.24, 2.45) is 10.9 Å². The molecule has 0 bridgehead atoms. The highest BCUT2D eigenvalue weighted by atomic mass is 16.5. The number of ether oxygens (including phenoxy) is 2. The molecule has 2 aromatic rings. The third-order valence-electron chi connectivity index (χ3n) is 4.90. The van der Waals surface area contributed by atoms with Crippen molar-refractivity contribution >= 4 is 5.96 Å². The van der Waals surface area contributed by atoms with Gasteiger partial charge in [-0.05, 0) is 41.7 Å². The number of nitrogens with one attached hydrogen (secondary N) is 1. The molecule has 7 nitrogen and oxygen atoms in total. The van der Waals surface area contributed by atoms with Crippen molar-refractivity contribution in [3.05, 3.63) is 41.7 Å². The minimum Gasteiger partial charge on any atom is -0.493 e. The quantitative estimate of drug-likeness (QED) is 0.623. The number of nitrogens with zero attached hydrogens (tertiary/aromatic N) is 4. The zero-order valence-electron chi connectivity index (χ0n) is 16.6. The second kappa shape index (κ2) is 8.79. The molecule has 1 aliphatic rings. The Labute approximate surface area is 161 Å². The molecule has 1 N–H and O–H groups in total. The van der Waals surface area contributed by atoms with Crippen molar-refractivity contribution in [1.82, 2.24) is 20.0 Å².